The van der Waals surface area contributed by atoms with Crippen LogP contribution >= 0.6 is 11.8 Å². The Morgan fingerprint density at radius 3 is 2.71 bits per heavy atom. The molecule has 0 bridgehead atoms. The first-order valence-electron chi connectivity index (χ1n) is 8.35. The number of amides is 1. The van der Waals surface area contributed by atoms with Crippen LogP contribution < -0.4 is 14.8 Å². The maximum Gasteiger partial charge on any atom is 0.280 e. The van der Waals surface area contributed by atoms with Crippen LogP contribution in [0.25, 0.3) is 6.08 Å². The molecule has 1 saturated heterocycles. The highest BCUT2D eigenvalue weighted by Gasteiger charge is 2.27. The lowest BCUT2D eigenvalue weighted by atomic mass is 10.1. The normalized spacial score (nSPS) is 18.0. The van der Waals surface area contributed by atoms with E-state index in [1.54, 1.807) is 0 Å². The van der Waals surface area contributed by atoms with Crippen molar-refractivity contribution in [3.63, 3.8) is 0 Å². The highest BCUT2D eigenvalue weighted by Crippen LogP contribution is 2.40. The van der Waals surface area contributed by atoms with E-state index in [4.69, 9.17) is 9.47 Å². The van der Waals surface area contributed by atoms with E-state index < -0.39 is 4.92 Å². The van der Waals surface area contributed by atoms with Crippen molar-refractivity contribution in [2.24, 2.45) is 4.99 Å². The Morgan fingerprint density at radius 1 is 1.21 bits per heavy atom. The zero-order chi connectivity index (χ0) is 19.8. The summed E-state index contributed by atoms with van der Waals surface area (Å²) in [6.07, 6.45) is 1.46. The lowest BCUT2D eigenvalue weighted by Gasteiger charge is -2.02. The van der Waals surface area contributed by atoms with Crippen LogP contribution in [0.5, 0.6) is 11.5 Å². The number of carbonyl (C=O) groups excluding carboxylic acids is 1. The highest BCUT2D eigenvalue weighted by molar-refractivity contribution is 8.18. The molecule has 2 aromatic carbocycles. The Balaban J connectivity index is 1.68. The van der Waals surface area contributed by atoms with Gasteiger partial charge in [0.05, 0.1) is 27.1 Å². The van der Waals surface area contributed by atoms with Gasteiger partial charge in [0.15, 0.2) is 16.7 Å². The van der Waals surface area contributed by atoms with Crippen molar-refractivity contribution in [1.82, 2.24) is 5.32 Å². The summed E-state index contributed by atoms with van der Waals surface area (Å²) in [6.45, 7) is 3.91. The van der Waals surface area contributed by atoms with Crippen molar-refractivity contribution in [3.05, 3.63) is 62.0 Å². The fourth-order valence-corrected chi connectivity index (χ4v) is 3.62. The minimum absolute atomic E-state index is 0.00833. The standard InChI is InChI=1S/C19H15N3O5S/c1-10-3-4-11(2)13(5-10)20-19-21-18(23)17(28-19)7-12-6-15-16(27-9-26-15)8-14(12)22(24)25/h3-8H,9H2,1-2H3,(H,20,21,23)/b17-7-. The SMILES string of the molecule is Cc1ccc(C)c(N=C2NC(=O)/C(=C/c3cc4c(cc3[N+](=O)[O-])OCO4)S2)c1. The van der Waals surface area contributed by atoms with Gasteiger partial charge in [-0.1, -0.05) is 12.1 Å². The molecule has 2 aliphatic heterocycles. The quantitative estimate of drug-likeness (QED) is 0.480. The minimum Gasteiger partial charge on any atom is -0.454 e. The van der Waals surface area contributed by atoms with Crippen LogP contribution in [0.4, 0.5) is 11.4 Å². The molecule has 0 aliphatic carbocycles. The number of nitrogens with zero attached hydrogens (tertiary/aromatic N) is 2. The number of hydrogen-bond donors (Lipinski definition) is 1. The summed E-state index contributed by atoms with van der Waals surface area (Å²) in [4.78, 5) is 28.0. The second-order valence-electron chi connectivity index (χ2n) is 6.29. The zero-order valence-corrected chi connectivity index (χ0v) is 15.8. The number of rotatable bonds is 3. The number of fused-ring (bicyclic) bond motifs is 1. The molecular weight excluding hydrogens is 382 g/mol. The first-order valence-corrected chi connectivity index (χ1v) is 9.17. The fraction of sp³-hybridized carbons (Fsp3) is 0.158. The number of thioether (sulfide) groups is 1. The van der Waals surface area contributed by atoms with E-state index in [9.17, 15) is 14.9 Å². The van der Waals surface area contributed by atoms with Gasteiger partial charge < -0.3 is 14.8 Å². The molecule has 2 aliphatic rings. The van der Waals surface area contributed by atoms with Crippen LogP contribution in [0, 0.1) is 24.0 Å². The van der Waals surface area contributed by atoms with Gasteiger partial charge in [0, 0.05) is 0 Å². The number of nitro groups is 1. The summed E-state index contributed by atoms with van der Waals surface area (Å²) in [5.74, 6) is 0.362. The van der Waals surface area contributed by atoms with Gasteiger partial charge in [0.2, 0.25) is 6.79 Å². The third kappa shape index (κ3) is 3.44. The predicted molar refractivity (Wildman–Crippen MR) is 106 cm³/mol. The maximum atomic E-state index is 12.3. The van der Waals surface area contributed by atoms with Gasteiger partial charge in [-0.05, 0) is 54.9 Å². The van der Waals surface area contributed by atoms with E-state index in [2.05, 4.69) is 10.3 Å². The molecule has 1 amide bonds. The second kappa shape index (κ2) is 7.01. The van der Waals surface area contributed by atoms with Crippen LogP contribution in [-0.4, -0.2) is 22.8 Å². The van der Waals surface area contributed by atoms with Crippen LogP contribution in [0.15, 0.2) is 40.2 Å². The number of nitrogens with one attached hydrogen (secondary N) is 1. The minimum atomic E-state index is -0.517. The first kappa shape index (κ1) is 18.1. The molecule has 0 atom stereocenters. The maximum absolute atomic E-state index is 12.3. The Bertz CT molecular complexity index is 1080. The van der Waals surface area contributed by atoms with Crippen molar-refractivity contribution < 1.29 is 19.2 Å². The number of aliphatic imine (C=N–C) groups is 1. The van der Waals surface area contributed by atoms with Gasteiger partial charge in [-0.3, -0.25) is 14.9 Å². The molecule has 0 aromatic heterocycles. The highest BCUT2D eigenvalue weighted by atomic mass is 32.2. The molecule has 8 nitrogen and oxygen atoms in total. The van der Waals surface area contributed by atoms with Crippen molar-refractivity contribution >= 4 is 40.3 Å². The van der Waals surface area contributed by atoms with Crippen LogP contribution in [0.2, 0.25) is 0 Å². The Morgan fingerprint density at radius 2 is 1.96 bits per heavy atom. The van der Waals surface area contributed by atoms with Crippen molar-refractivity contribution in [3.8, 4) is 11.5 Å². The summed E-state index contributed by atoms with van der Waals surface area (Å²) in [5, 5.41) is 14.5. The third-order valence-electron chi connectivity index (χ3n) is 4.24. The molecule has 0 unspecified atom stereocenters. The molecule has 2 aromatic rings. The van der Waals surface area contributed by atoms with Gasteiger partial charge in [0.25, 0.3) is 11.6 Å². The average Bonchev–Trinajstić information content (AvgIpc) is 3.23. The Kier molecular flexibility index (Phi) is 4.52. The fourth-order valence-electron chi connectivity index (χ4n) is 2.79. The molecular formula is C19H15N3O5S. The van der Waals surface area contributed by atoms with Gasteiger partial charge >= 0.3 is 0 Å². The Hall–Kier alpha value is -3.33. The van der Waals surface area contributed by atoms with Crippen molar-refractivity contribution in [1.29, 1.82) is 0 Å². The number of amidine groups is 1. The monoisotopic (exact) mass is 397 g/mol. The summed E-state index contributed by atoms with van der Waals surface area (Å²) in [7, 11) is 0. The summed E-state index contributed by atoms with van der Waals surface area (Å²) < 4.78 is 10.5. The summed E-state index contributed by atoms with van der Waals surface area (Å²) >= 11 is 1.13. The topological polar surface area (TPSA) is 103 Å². The molecule has 9 heteroatoms. The third-order valence-corrected chi connectivity index (χ3v) is 5.15. The average molecular weight is 397 g/mol. The molecule has 2 heterocycles. The molecule has 1 fully saturated rings. The summed E-state index contributed by atoms with van der Waals surface area (Å²) in [6, 6.07) is 8.68. The number of hydrogen-bond acceptors (Lipinski definition) is 7. The smallest absolute Gasteiger partial charge is 0.280 e. The number of carbonyl (C=O) groups is 1. The van der Waals surface area contributed by atoms with E-state index in [1.807, 2.05) is 32.0 Å². The van der Waals surface area contributed by atoms with Gasteiger partial charge in [-0.25, -0.2) is 4.99 Å². The predicted octanol–water partition coefficient (Wildman–Crippen LogP) is 3.83. The van der Waals surface area contributed by atoms with Crippen LogP contribution in [-0.2, 0) is 4.79 Å². The van der Waals surface area contributed by atoms with E-state index in [-0.39, 0.29) is 24.0 Å². The molecule has 0 radical (unpaired) electrons. The van der Waals surface area contributed by atoms with Crippen LogP contribution in [0.1, 0.15) is 16.7 Å². The molecule has 142 valence electrons. The molecule has 0 spiro atoms. The molecule has 0 saturated carbocycles. The first-order chi connectivity index (χ1) is 13.4. The molecule has 1 N–H and O–H groups in total. The largest absolute Gasteiger partial charge is 0.454 e. The lowest BCUT2D eigenvalue weighted by Crippen LogP contribution is -2.19. The number of benzene rings is 2. The van der Waals surface area contributed by atoms with Gasteiger partial charge in [-0.2, -0.15) is 0 Å². The lowest BCUT2D eigenvalue weighted by molar-refractivity contribution is -0.385. The van der Waals surface area contributed by atoms with E-state index in [0.29, 0.717) is 21.6 Å². The van der Waals surface area contributed by atoms with Crippen LogP contribution in [0.3, 0.4) is 0 Å². The van der Waals surface area contributed by atoms with E-state index in [1.165, 1.54) is 18.2 Å². The second-order valence-corrected chi connectivity index (χ2v) is 7.32. The summed E-state index contributed by atoms with van der Waals surface area (Å²) in [5.41, 5.74) is 2.91. The van der Waals surface area contributed by atoms with Crippen molar-refractivity contribution in [2.45, 2.75) is 13.8 Å². The number of aryl methyl sites for hydroxylation is 2. The molecule has 4 rings (SSSR count). The molecule has 28 heavy (non-hydrogen) atoms. The number of nitro benzene ring substituents is 1. The zero-order valence-electron chi connectivity index (χ0n) is 15.0. The number of ether oxygens (including phenoxy) is 2. The van der Waals surface area contributed by atoms with E-state index >= 15 is 0 Å². The van der Waals surface area contributed by atoms with Crippen molar-refractivity contribution in [2.75, 3.05) is 6.79 Å². The van der Waals surface area contributed by atoms with E-state index in [0.717, 1.165) is 28.6 Å². The van der Waals surface area contributed by atoms with Gasteiger partial charge in [-0.15, -0.1) is 0 Å². The Labute approximate surface area is 164 Å². The van der Waals surface area contributed by atoms with Gasteiger partial charge in [0.1, 0.15) is 0 Å².